The van der Waals surface area contributed by atoms with E-state index < -0.39 is 27.4 Å². The molecule has 0 aromatic heterocycles. The van der Waals surface area contributed by atoms with E-state index in [9.17, 15) is 23.3 Å². The fourth-order valence-corrected chi connectivity index (χ4v) is 3.60. The minimum Gasteiger partial charge on any atom is -0.490 e. The number of ether oxygens (including phenoxy) is 1. The lowest BCUT2D eigenvalue weighted by Crippen LogP contribution is -2.39. The number of nitro groups is 1. The Morgan fingerprint density at radius 1 is 1.30 bits per heavy atom. The van der Waals surface area contributed by atoms with Crippen LogP contribution >= 0.6 is 0 Å². The molecule has 0 fully saturated rings. The van der Waals surface area contributed by atoms with Crippen LogP contribution in [-0.4, -0.2) is 45.4 Å². The summed E-state index contributed by atoms with van der Waals surface area (Å²) in [4.78, 5) is 22.8. The summed E-state index contributed by atoms with van der Waals surface area (Å²) in [6.45, 7) is 1.42. The molecule has 0 unspecified atom stereocenters. The zero-order valence-corrected chi connectivity index (χ0v) is 17.5. The summed E-state index contributed by atoms with van der Waals surface area (Å²) in [5, 5.41) is 14.8. The van der Waals surface area contributed by atoms with E-state index in [0.717, 1.165) is 16.1 Å². The molecule has 0 heterocycles. The van der Waals surface area contributed by atoms with E-state index in [2.05, 4.69) is 10.5 Å². The highest BCUT2D eigenvalue weighted by Crippen LogP contribution is 2.27. The number of rotatable bonds is 9. The van der Waals surface area contributed by atoms with E-state index in [1.807, 2.05) is 6.92 Å². The summed E-state index contributed by atoms with van der Waals surface area (Å²) in [5.74, 6) is -0.565. The summed E-state index contributed by atoms with van der Waals surface area (Å²) < 4.78 is 30.4. The van der Waals surface area contributed by atoms with Crippen LogP contribution in [0.15, 0.2) is 47.6 Å². The zero-order chi connectivity index (χ0) is 22.3. The predicted octanol–water partition coefficient (Wildman–Crippen LogP) is 2.08. The van der Waals surface area contributed by atoms with Gasteiger partial charge in [0.05, 0.1) is 30.2 Å². The Bertz CT molecular complexity index is 1070. The van der Waals surface area contributed by atoms with Crippen LogP contribution < -0.4 is 14.5 Å². The summed E-state index contributed by atoms with van der Waals surface area (Å²) in [7, 11) is -2.39. The largest absolute Gasteiger partial charge is 0.490 e. The number of nitrogens with zero attached hydrogens (tertiary/aromatic N) is 3. The molecule has 11 heteroatoms. The number of para-hydroxylation sites is 1. The van der Waals surface area contributed by atoms with Crippen LogP contribution in [0.3, 0.4) is 0 Å². The van der Waals surface area contributed by atoms with Gasteiger partial charge in [0.15, 0.2) is 5.75 Å². The average molecular weight is 434 g/mol. The Labute approximate surface area is 174 Å². The Hall–Kier alpha value is -3.47. The molecule has 0 atom stereocenters. The van der Waals surface area contributed by atoms with Crippen molar-refractivity contribution in [3.63, 3.8) is 0 Å². The van der Waals surface area contributed by atoms with Crippen molar-refractivity contribution >= 4 is 33.5 Å². The van der Waals surface area contributed by atoms with Crippen molar-refractivity contribution in [1.82, 2.24) is 5.43 Å². The topological polar surface area (TPSA) is 131 Å². The number of amides is 1. The van der Waals surface area contributed by atoms with E-state index >= 15 is 0 Å². The molecule has 0 aliphatic carbocycles. The first-order chi connectivity index (χ1) is 14.2. The molecule has 0 aliphatic rings. The normalized spacial score (nSPS) is 11.3. The van der Waals surface area contributed by atoms with Gasteiger partial charge in [0.2, 0.25) is 10.0 Å². The first kappa shape index (κ1) is 22.8. The monoisotopic (exact) mass is 434 g/mol. The van der Waals surface area contributed by atoms with Crippen molar-refractivity contribution in [2.45, 2.75) is 13.3 Å². The summed E-state index contributed by atoms with van der Waals surface area (Å²) >= 11 is 0. The maximum Gasteiger partial charge on any atom is 0.311 e. The van der Waals surface area contributed by atoms with Gasteiger partial charge in [-0.05, 0) is 30.2 Å². The molecule has 160 valence electrons. The Morgan fingerprint density at radius 3 is 2.60 bits per heavy atom. The van der Waals surface area contributed by atoms with Gasteiger partial charge >= 0.3 is 5.69 Å². The fraction of sp³-hybridized carbons (Fsp3) is 0.263. The third-order valence-corrected chi connectivity index (χ3v) is 5.26. The highest BCUT2D eigenvalue weighted by molar-refractivity contribution is 7.92. The third kappa shape index (κ3) is 5.77. The standard InChI is InChI=1S/C19H22N4O6S/c1-4-15-7-5-6-8-16(15)22(30(3,27)28)13-19(24)21-20-12-14-9-10-18(29-2)17(11-14)23(25)26/h5-12H,4,13H2,1-3H3,(H,21,24)/b20-12+. The minimum absolute atomic E-state index is 0.0968. The highest BCUT2D eigenvalue weighted by Gasteiger charge is 2.22. The van der Waals surface area contributed by atoms with Crippen LogP contribution in [0.1, 0.15) is 18.1 Å². The van der Waals surface area contributed by atoms with E-state index in [-0.39, 0.29) is 11.4 Å². The lowest BCUT2D eigenvalue weighted by molar-refractivity contribution is -0.385. The number of aryl methyl sites for hydroxylation is 1. The third-order valence-electron chi connectivity index (χ3n) is 4.13. The van der Waals surface area contributed by atoms with Crippen molar-refractivity contribution in [3.8, 4) is 5.75 Å². The molecular weight excluding hydrogens is 412 g/mol. The van der Waals surface area contributed by atoms with Crippen LogP contribution in [0.2, 0.25) is 0 Å². The highest BCUT2D eigenvalue weighted by atomic mass is 32.2. The maximum absolute atomic E-state index is 12.3. The van der Waals surface area contributed by atoms with Crippen LogP contribution in [0, 0.1) is 10.1 Å². The first-order valence-electron chi connectivity index (χ1n) is 8.87. The zero-order valence-electron chi connectivity index (χ0n) is 16.7. The van der Waals surface area contributed by atoms with Gasteiger partial charge in [-0.2, -0.15) is 5.10 Å². The molecular formula is C19H22N4O6S. The Balaban J connectivity index is 2.15. The number of hydrogen-bond acceptors (Lipinski definition) is 7. The van der Waals surface area contributed by atoms with Crippen molar-refractivity contribution in [3.05, 3.63) is 63.7 Å². The van der Waals surface area contributed by atoms with Gasteiger partial charge in [0, 0.05) is 11.6 Å². The van der Waals surface area contributed by atoms with Gasteiger partial charge in [0.1, 0.15) is 6.54 Å². The second-order valence-corrected chi connectivity index (χ2v) is 8.14. The molecule has 2 rings (SSSR count). The molecule has 0 aliphatic heterocycles. The smallest absolute Gasteiger partial charge is 0.311 e. The van der Waals surface area contributed by atoms with Crippen LogP contribution in [0.4, 0.5) is 11.4 Å². The number of sulfonamides is 1. The lowest BCUT2D eigenvalue weighted by atomic mass is 10.1. The summed E-state index contributed by atoms with van der Waals surface area (Å²) in [5.41, 5.74) is 3.56. The van der Waals surface area contributed by atoms with Gasteiger partial charge in [0.25, 0.3) is 5.91 Å². The number of anilines is 1. The minimum atomic E-state index is -3.71. The van der Waals surface area contributed by atoms with E-state index in [0.29, 0.717) is 17.7 Å². The number of hydrazone groups is 1. The number of hydrogen-bond donors (Lipinski definition) is 1. The van der Waals surface area contributed by atoms with Gasteiger partial charge in [-0.1, -0.05) is 25.1 Å². The second kappa shape index (κ2) is 9.83. The van der Waals surface area contributed by atoms with E-state index in [1.165, 1.54) is 31.5 Å². The molecule has 10 nitrogen and oxygen atoms in total. The molecule has 0 spiro atoms. The summed E-state index contributed by atoms with van der Waals surface area (Å²) in [6, 6.07) is 11.1. The van der Waals surface area contributed by atoms with Crippen molar-refractivity contribution in [2.75, 3.05) is 24.2 Å². The number of nitro benzene ring substituents is 1. The number of carbonyl (C=O) groups is 1. The summed E-state index contributed by atoms with van der Waals surface area (Å²) in [6.07, 6.45) is 2.83. The average Bonchev–Trinajstić information content (AvgIpc) is 2.71. The van der Waals surface area contributed by atoms with Crippen molar-refractivity contribution < 1.29 is 22.9 Å². The van der Waals surface area contributed by atoms with Crippen LogP contribution in [-0.2, 0) is 21.2 Å². The Kier molecular flexibility index (Phi) is 7.48. The number of nitrogens with one attached hydrogen (secondary N) is 1. The van der Waals surface area contributed by atoms with E-state index in [4.69, 9.17) is 4.74 Å². The van der Waals surface area contributed by atoms with Crippen LogP contribution in [0.25, 0.3) is 0 Å². The molecule has 2 aromatic carbocycles. The predicted molar refractivity (Wildman–Crippen MR) is 113 cm³/mol. The van der Waals surface area contributed by atoms with E-state index in [1.54, 1.807) is 24.3 Å². The quantitative estimate of drug-likeness (QED) is 0.365. The maximum atomic E-state index is 12.3. The fourth-order valence-electron chi connectivity index (χ4n) is 2.71. The van der Waals surface area contributed by atoms with Crippen LogP contribution in [0.5, 0.6) is 5.75 Å². The number of benzene rings is 2. The SMILES string of the molecule is CCc1ccccc1N(CC(=O)N/N=C/c1ccc(OC)c([N+](=O)[O-])c1)S(C)(=O)=O. The molecule has 0 saturated carbocycles. The number of methoxy groups -OCH3 is 1. The molecule has 1 N–H and O–H groups in total. The molecule has 0 radical (unpaired) electrons. The van der Waals surface area contributed by atoms with Gasteiger partial charge in [-0.25, -0.2) is 13.8 Å². The van der Waals surface area contributed by atoms with Gasteiger partial charge < -0.3 is 4.74 Å². The number of carbonyl (C=O) groups excluding carboxylic acids is 1. The lowest BCUT2D eigenvalue weighted by Gasteiger charge is -2.23. The molecule has 2 aromatic rings. The molecule has 1 amide bonds. The van der Waals surface area contributed by atoms with Gasteiger partial charge in [-0.3, -0.25) is 19.2 Å². The molecule has 0 saturated heterocycles. The second-order valence-electron chi connectivity index (χ2n) is 6.23. The first-order valence-corrected chi connectivity index (χ1v) is 10.7. The molecule has 0 bridgehead atoms. The Morgan fingerprint density at radius 2 is 2.00 bits per heavy atom. The van der Waals surface area contributed by atoms with Gasteiger partial charge in [-0.15, -0.1) is 0 Å². The molecule has 30 heavy (non-hydrogen) atoms. The van der Waals surface area contributed by atoms with Crippen molar-refractivity contribution in [2.24, 2.45) is 5.10 Å². The van der Waals surface area contributed by atoms with Crippen molar-refractivity contribution in [1.29, 1.82) is 0 Å².